The predicted octanol–water partition coefficient (Wildman–Crippen LogP) is 5.66. The number of rotatable bonds is 16. The summed E-state index contributed by atoms with van der Waals surface area (Å²) >= 11 is 0. The molecule has 7 aromatic rings. The van der Waals surface area contributed by atoms with Crippen molar-refractivity contribution < 1.29 is 46.7 Å². The Bertz CT molecular complexity index is 3450. The van der Waals surface area contributed by atoms with Crippen LogP contribution in [-0.4, -0.2) is 122 Å². The summed E-state index contributed by atoms with van der Waals surface area (Å²) in [6.07, 6.45) is 4.86. The Morgan fingerprint density at radius 1 is 0.987 bits per heavy atom. The van der Waals surface area contributed by atoms with Crippen LogP contribution in [0.5, 0.6) is 0 Å². The standard InChI is InChI=1S/C49H51F2N17O7/c1-48(6-7-48)59-46(69)74-35-21-72-41(39(35)50)29-11-37(62-61-29)57-43-34-9-24(20-71-2)63-66(34)19-31(56-43)27-10-33(27)68-38(12-30(64-68)42-40(51)36(22-73-42)75-47(70)60-49-13-23(14-49)15-49)58-45-53-17-28(44-55-25(16-52)18-65(44)45)32-5-8-54-67(32)26-3-4-26/h5,8-9,11-12,17-19,23,26-27,33,35-36,39-42H,3-4,6-7,10,13-15,20-22H2,1-2H3,(H5,53,54,55,56,57,58,59,60,61,62,63,64,69,70)/p+1/t23?,27?,33?,35-,36-,39+,40-,41-,42-,49?/m0/s1. The first-order valence-electron chi connectivity index (χ1n) is 25.3. The average Bonchev–Trinajstić information content (AvgIpc) is 4.12. The van der Waals surface area contributed by atoms with Gasteiger partial charge in [-0.15, -0.1) is 0 Å². The van der Waals surface area contributed by atoms with Crippen LogP contribution in [0, 0.1) is 17.2 Å². The minimum absolute atomic E-state index is 0.122. The third-order valence-corrected chi connectivity index (χ3v) is 15.7. The van der Waals surface area contributed by atoms with Gasteiger partial charge in [-0.25, -0.2) is 52.7 Å². The van der Waals surface area contributed by atoms with Crippen LogP contribution >= 0.6 is 0 Å². The number of H-pyrrole nitrogens is 2. The van der Waals surface area contributed by atoms with Gasteiger partial charge < -0.3 is 39.6 Å². The number of aromatic nitrogens is 12. The molecule has 26 heteroatoms. The van der Waals surface area contributed by atoms with E-state index in [2.05, 4.69) is 52.7 Å². The van der Waals surface area contributed by atoms with Crippen molar-refractivity contribution in [3.63, 3.8) is 0 Å². The minimum Gasteiger partial charge on any atom is -0.441 e. The first-order valence-corrected chi connectivity index (χ1v) is 25.3. The van der Waals surface area contributed by atoms with E-state index in [1.165, 1.54) is 0 Å². The number of alkyl halides is 2. The third-order valence-electron chi connectivity index (χ3n) is 15.7. The number of carbonyl (C=O) groups excluding carboxylic acids is 2. The van der Waals surface area contributed by atoms with Crippen LogP contribution in [0.4, 0.5) is 41.8 Å². The van der Waals surface area contributed by atoms with Gasteiger partial charge in [0.1, 0.15) is 29.8 Å². The Balaban J connectivity index is 0.760. The lowest BCUT2D eigenvalue weighted by molar-refractivity contribution is -0.742. The van der Waals surface area contributed by atoms with Crippen molar-refractivity contribution >= 4 is 46.8 Å². The van der Waals surface area contributed by atoms with E-state index in [1.54, 1.807) is 46.7 Å². The van der Waals surface area contributed by atoms with Crippen LogP contribution in [0.1, 0.15) is 117 Å². The predicted molar refractivity (Wildman–Crippen MR) is 255 cm³/mol. The van der Waals surface area contributed by atoms with Crippen molar-refractivity contribution in [3.05, 3.63) is 77.5 Å². The lowest BCUT2D eigenvalue weighted by Crippen LogP contribution is -2.68. The number of hydrogen-bond acceptors (Lipinski definition) is 16. The summed E-state index contributed by atoms with van der Waals surface area (Å²) in [6.45, 7) is 1.88. The lowest BCUT2D eigenvalue weighted by atomic mass is 9.50. The van der Waals surface area contributed by atoms with Crippen molar-refractivity contribution in [2.75, 3.05) is 31.0 Å². The van der Waals surface area contributed by atoms with Gasteiger partial charge in [0.2, 0.25) is 0 Å². The molecule has 8 atom stereocenters. The maximum Gasteiger partial charge on any atom is 0.408 e. The molecule has 7 aromatic heterocycles. The number of amides is 2. The van der Waals surface area contributed by atoms with Crippen LogP contribution in [0.3, 0.4) is 0 Å². The number of fused-ring (bicyclic) bond motifs is 2. The molecule has 2 amide bonds. The van der Waals surface area contributed by atoms with E-state index in [9.17, 15) is 14.9 Å². The second-order valence-electron chi connectivity index (χ2n) is 21.4. The van der Waals surface area contributed by atoms with E-state index in [0.717, 1.165) is 50.6 Å². The van der Waals surface area contributed by atoms with Crippen LogP contribution in [-0.2, 0) is 30.3 Å². The fraction of sp³-hybridized carbons (Fsp3) is 0.510. The van der Waals surface area contributed by atoms with Gasteiger partial charge in [-0.2, -0.15) is 25.2 Å². The molecule has 2 saturated heterocycles. The molecule has 6 N–H and O–H groups in total. The molecule has 0 spiro atoms. The SMILES string of the molecule is COCc1cc2c(Nc3cc([C@@H]4OC[C@H](OC(=O)NC5(C)CC5)[C@H]4F)[nH]n3)nc(C3CC3[n+]3[nH]c([C@@H]4OC[C@H](OC(=O)NC56CC(C5)C6)[C@@H]4F)cc3Nc3ncc(-c4ccnn4C4CC4)c4nc(C#N)cn34)cn2n1. The van der Waals surface area contributed by atoms with Crippen molar-refractivity contribution in [3.8, 4) is 17.3 Å². The molecule has 2 aliphatic heterocycles. The van der Waals surface area contributed by atoms with E-state index < -0.39 is 48.9 Å². The number of anilines is 4. The maximum atomic E-state index is 16.5. The number of ether oxygens (including phenoxy) is 5. The van der Waals surface area contributed by atoms with Crippen molar-refractivity contribution in [2.45, 2.75) is 131 Å². The van der Waals surface area contributed by atoms with Gasteiger partial charge in [0.15, 0.2) is 47.5 Å². The largest absolute Gasteiger partial charge is 0.441 e. The summed E-state index contributed by atoms with van der Waals surface area (Å²) in [5, 5.41) is 42.6. The van der Waals surface area contributed by atoms with Gasteiger partial charge in [-0.1, -0.05) is 0 Å². The van der Waals surface area contributed by atoms with Crippen molar-refractivity contribution in [1.82, 2.24) is 64.7 Å². The topological polar surface area (TPSA) is 279 Å². The van der Waals surface area contributed by atoms with Gasteiger partial charge in [0.05, 0.1) is 78.4 Å². The second kappa shape index (κ2) is 17.1. The van der Waals surface area contributed by atoms with E-state index in [1.807, 2.05) is 34.6 Å². The molecule has 8 fully saturated rings. The van der Waals surface area contributed by atoms with E-state index in [0.29, 0.717) is 75.2 Å². The normalized spacial score (nSPS) is 28.9. The number of aromatic amines is 2. The highest BCUT2D eigenvalue weighted by Gasteiger charge is 2.58. The van der Waals surface area contributed by atoms with Crippen LogP contribution in [0.25, 0.3) is 22.4 Å². The number of nitrogens with one attached hydrogen (secondary N) is 6. The summed E-state index contributed by atoms with van der Waals surface area (Å²) in [7, 11) is 1.58. The number of alkyl carbamates (subject to hydrolysis) is 2. The van der Waals surface area contributed by atoms with E-state index in [-0.39, 0.29) is 54.6 Å². The summed E-state index contributed by atoms with van der Waals surface area (Å²) in [4.78, 5) is 40.1. The van der Waals surface area contributed by atoms with Gasteiger partial charge >= 0.3 is 24.0 Å². The first kappa shape index (κ1) is 45.8. The Hall–Kier alpha value is -7.76. The van der Waals surface area contributed by atoms with Gasteiger partial charge in [0, 0.05) is 49.0 Å². The van der Waals surface area contributed by atoms with Gasteiger partial charge in [0.25, 0.3) is 0 Å². The molecule has 388 valence electrons. The lowest BCUT2D eigenvalue weighted by Gasteiger charge is -2.61. The Labute approximate surface area is 424 Å². The first-order chi connectivity index (χ1) is 36.4. The highest BCUT2D eigenvalue weighted by molar-refractivity contribution is 5.77. The van der Waals surface area contributed by atoms with Crippen LogP contribution < -0.4 is 25.9 Å². The Kier molecular flexibility index (Phi) is 10.5. The highest BCUT2D eigenvalue weighted by atomic mass is 19.1. The summed E-state index contributed by atoms with van der Waals surface area (Å²) < 4.78 is 67.8. The quantitative estimate of drug-likeness (QED) is 0.0638. The Morgan fingerprint density at radius 3 is 2.45 bits per heavy atom. The van der Waals surface area contributed by atoms with Crippen molar-refractivity contribution in [1.29, 1.82) is 5.26 Å². The van der Waals surface area contributed by atoms with Crippen molar-refractivity contribution in [2.24, 2.45) is 5.92 Å². The molecule has 2 bridgehead atoms. The summed E-state index contributed by atoms with van der Waals surface area (Å²) in [5.41, 5.74) is 4.30. The molecule has 6 aliphatic carbocycles. The van der Waals surface area contributed by atoms with Gasteiger partial charge in [-0.05, 0) is 69.9 Å². The fourth-order valence-electron chi connectivity index (χ4n) is 11.1. The summed E-state index contributed by atoms with van der Waals surface area (Å²) in [6, 6.07) is 9.29. The smallest absolute Gasteiger partial charge is 0.408 e. The molecule has 15 rings (SSSR count). The zero-order chi connectivity index (χ0) is 50.9. The third kappa shape index (κ3) is 8.23. The monoisotopic (exact) mass is 1030 g/mol. The number of methoxy groups -OCH3 is 1. The number of nitrogens with zero attached hydrogens (tertiary/aromatic N) is 11. The molecule has 24 nitrogen and oxygen atoms in total. The molecule has 6 saturated carbocycles. The van der Waals surface area contributed by atoms with Crippen LogP contribution in [0.2, 0.25) is 0 Å². The molecule has 0 radical (unpaired) electrons. The maximum absolute atomic E-state index is 16.5. The molecular formula is C49H52F2N17O7+. The second-order valence-corrected chi connectivity index (χ2v) is 21.4. The Morgan fingerprint density at radius 2 is 1.75 bits per heavy atom. The van der Waals surface area contributed by atoms with E-state index >= 15 is 8.78 Å². The van der Waals surface area contributed by atoms with Gasteiger partial charge in [-0.3, -0.25) is 9.78 Å². The molecule has 9 heterocycles. The zero-order valence-corrected chi connectivity index (χ0v) is 40.7. The molecular weight excluding hydrogens is 977 g/mol. The number of carbonyl (C=O) groups is 2. The zero-order valence-electron chi connectivity index (χ0n) is 40.7. The number of hydrogen-bond donors (Lipinski definition) is 6. The van der Waals surface area contributed by atoms with Crippen LogP contribution in [0.15, 0.2) is 49.1 Å². The number of halogens is 2. The molecule has 8 aliphatic rings. The average molecular weight is 1030 g/mol. The molecule has 2 unspecified atom stereocenters. The van der Waals surface area contributed by atoms with E-state index in [4.69, 9.17) is 38.8 Å². The highest BCUT2D eigenvalue weighted by Crippen LogP contribution is 2.57. The molecule has 0 aromatic carbocycles. The number of imidazole rings is 1. The fourth-order valence-corrected chi connectivity index (χ4v) is 11.1. The number of nitriles is 1. The minimum atomic E-state index is -1.69. The molecule has 75 heavy (non-hydrogen) atoms. The summed E-state index contributed by atoms with van der Waals surface area (Å²) in [5.74, 6) is 1.98.